The van der Waals surface area contributed by atoms with Crippen molar-refractivity contribution in [1.82, 2.24) is 5.32 Å². The molecular formula is C15H21NO3. The molecule has 104 valence electrons. The van der Waals surface area contributed by atoms with Crippen molar-refractivity contribution in [3.63, 3.8) is 0 Å². The molecule has 0 bridgehead atoms. The minimum Gasteiger partial charge on any atom is -0.481 e. The van der Waals surface area contributed by atoms with E-state index < -0.39 is 11.4 Å². The third kappa shape index (κ3) is 2.05. The minimum atomic E-state index is -0.846. The van der Waals surface area contributed by atoms with Gasteiger partial charge in [0.05, 0.1) is 19.3 Å². The standard InChI is InChI=1S/C15H21NO3/c1-9-5-6-12(11(3)10(9)2)13(16-4)15(14(17)18)7-19-8-15/h5-6,13,16H,7-8H2,1-4H3,(H,17,18). The van der Waals surface area contributed by atoms with E-state index in [0.717, 1.165) is 11.1 Å². The number of hydrogen-bond acceptors (Lipinski definition) is 3. The van der Waals surface area contributed by atoms with E-state index in [9.17, 15) is 9.90 Å². The molecule has 0 aromatic heterocycles. The van der Waals surface area contributed by atoms with Gasteiger partial charge in [-0.1, -0.05) is 12.1 Å². The molecule has 2 N–H and O–H groups in total. The number of aliphatic carboxylic acids is 1. The van der Waals surface area contributed by atoms with Crippen LogP contribution in [0, 0.1) is 26.2 Å². The van der Waals surface area contributed by atoms with Crippen LogP contribution in [-0.4, -0.2) is 31.3 Å². The second-order valence-corrected chi connectivity index (χ2v) is 5.40. The Morgan fingerprint density at radius 1 is 1.32 bits per heavy atom. The third-order valence-electron chi connectivity index (χ3n) is 4.40. The summed E-state index contributed by atoms with van der Waals surface area (Å²) < 4.78 is 5.18. The molecule has 1 aromatic carbocycles. The zero-order valence-corrected chi connectivity index (χ0v) is 11.9. The largest absolute Gasteiger partial charge is 0.481 e. The topological polar surface area (TPSA) is 58.6 Å². The summed E-state index contributed by atoms with van der Waals surface area (Å²) in [5.74, 6) is -0.796. The van der Waals surface area contributed by atoms with Crippen LogP contribution in [0.5, 0.6) is 0 Å². The molecule has 0 amide bonds. The molecule has 1 aromatic rings. The van der Waals surface area contributed by atoms with Gasteiger partial charge in [0.25, 0.3) is 0 Å². The lowest BCUT2D eigenvalue weighted by atomic mass is 9.73. The molecule has 1 fully saturated rings. The highest BCUT2D eigenvalue weighted by Gasteiger charge is 2.53. The van der Waals surface area contributed by atoms with Crippen LogP contribution in [0.15, 0.2) is 12.1 Å². The molecule has 19 heavy (non-hydrogen) atoms. The van der Waals surface area contributed by atoms with Gasteiger partial charge < -0.3 is 15.2 Å². The van der Waals surface area contributed by atoms with Crippen molar-refractivity contribution in [1.29, 1.82) is 0 Å². The number of benzene rings is 1. The summed E-state index contributed by atoms with van der Waals surface area (Å²) in [6.07, 6.45) is 0. The SMILES string of the molecule is CNC(c1ccc(C)c(C)c1C)C1(C(=O)O)COC1. The number of carboxylic acid groups (broad SMARTS) is 1. The predicted molar refractivity (Wildman–Crippen MR) is 73.3 cm³/mol. The number of rotatable bonds is 4. The van der Waals surface area contributed by atoms with Crippen molar-refractivity contribution in [2.45, 2.75) is 26.8 Å². The van der Waals surface area contributed by atoms with Gasteiger partial charge >= 0.3 is 5.97 Å². The van der Waals surface area contributed by atoms with E-state index in [1.165, 1.54) is 11.1 Å². The lowest BCUT2D eigenvalue weighted by Gasteiger charge is -2.44. The van der Waals surface area contributed by atoms with Crippen molar-refractivity contribution in [2.24, 2.45) is 5.41 Å². The first-order valence-corrected chi connectivity index (χ1v) is 6.49. The summed E-state index contributed by atoms with van der Waals surface area (Å²) in [6, 6.07) is 3.86. The van der Waals surface area contributed by atoms with Crippen LogP contribution >= 0.6 is 0 Å². The first kappa shape index (κ1) is 14.0. The fourth-order valence-corrected chi connectivity index (χ4v) is 2.75. The maximum Gasteiger partial charge on any atom is 0.316 e. The summed E-state index contributed by atoms with van der Waals surface area (Å²) >= 11 is 0. The number of ether oxygens (including phenoxy) is 1. The number of aryl methyl sites for hydroxylation is 1. The second kappa shape index (κ2) is 4.94. The van der Waals surface area contributed by atoms with Crippen LogP contribution < -0.4 is 5.32 Å². The summed E-state index contributed by atoms with van der Waals surface area (Å²) in [4.78, 5) is 11.6. The number of carboxylic acids is 1. The minimum absolute atomic E-state index is 0.224. The summed E-state index contributed by atoms with van der Waals surface area (Å²) in [7, 11) is 1.81. The van der Waals surface area contributed by atoms with Crippen LogP contribution in [0.1, 0.15) is 28.3 Å². The van der Waals surface area contributed by atoms with Crippen LogP contribution in [0.25, 0.3) is 0 Å². The molecule has 1 aliphatic heterocycles. The predicted octanol–water partition coefficient (Wildman–Crippen LogP) is 1.97. The van der Waals surface area contributed by atoms with Gasteiger partial charge in [0.15, 0.2) is 0 Å². The van der Waals surface area contributed by atoms with Gasteiger partial charge in [-0.2, -0.15) is 0 Å². The third-order valence-corrected chi connectivity index (χ3v) is 4.40. The average Bonchev–Trinajstić information content (AvgIpc) is 2.31. The first-order chi connectivity index (χ1) is 8.94. The Kier molecular flexibility index (Phi) is 3.65. The van der Waals surface area contributed by atoms with Crippen LogP contribution in [0.4, 0.5) is 0 Å². The van der Waals surface area contributed by atoms with Crippen molar-refractivity contribution in [3.8, 4) is 0 Å². The van der Waals surface area contributed by atoms with Gasteiger partial charge in [0.2, 0.25) is 0 Å². The molecule has 4 nitrogen and oxygen atoms in total. The van der Waals surface area contributed by atoms with E-state index in [2.05, 4.69) is 32.2 Å². The normalized spacial score (nSPS) is 18.7. The first-order valence-electron chi connectivity index (χ1n) is 6.49. The summed E-state index contributed by atoms with van der Waals surface area (Å²) in [6.45, 7) is 6.73. The molecule has 0 spiro atoms. The van der Waals surface area contributed by atoms with Crippen LogP contribution in [0.3, 0.4) is 0 Å². The lowest BCUT2D eigenvalue weighted by Crippen LogP contribution is -2.56. The molecule has 0 radical (unpaired) electrons. The quantitative estimate of drug-likeness (QED) is 0.872. The van der Waals surface area contributed by atoms with E-state index in [1.807, 2.05) is 13.1 Å². The highest BCUT2D eigenvalue weighted by molar-refractivity contribution is 5.77. The fourth-order valence-electron chi connectivity index (χ4n) is 2.75. The second-order valence-electron chi connectivity index (χ2n) is 5.40. The van der Waals surface area contributed by atoms with Gasteiger partial charge in [-0.3, -0.25) is 4.79 Å². The Balaban J connectivity index is 2.49. The smallest absolute Gasteiger partial charge is 0.316 e. The summed E-state index contributed by atoms with van der Waals surface area (Å²) in [5, 5.41) is 12.7. The number of hydrogen-bond donors (Lipinski definition) is 2. The number of carbonyl (C=O) groups is 1. The molecule has 1 atom stereocenters. The monoisotopic (exact) mass is 263 g/mol. The van der Waals surface area contributed by atoms with Gasteiger partial charge in [0, 0.05) is 0 Å². The van der Waals surface area contributed by atoms with E-state index in [0.29, 0.717) is 0 Å². The van der Waals surface area contributed by atoms with Crippen molar-refractivity contribution >= 4 is 5.97 Å². The molecule has 1 unspecified atom stereocenters. The van der Waals surface area contributed by atoms with Crippen molar-refractivity contribution in [3.05, 3.63) is 34.4 Å². The molecule has 1 heterocycles. The molecule has 4 heteroatoms. The average molecular weight is 263 g/mol. The highest BCUT2D eigenvalue weighted by Crippen LogP contribution is 2.42. The fraction of sp³-hybridized carbons (Fsp3) is 0.533. The lowest BCUT2D eigenvalue weighted by molar-refractivity contribution is -0.186. The summed E-state index contributed by atoms with van der Waals surface area (Å²) in [5.41, 5.74) is 3.81. The Morgan fingerprint density at radius 2 is 1.95 bits per heavy atom. The zero-order chi connectivity index (χ0) is 14.2. The van der Waals surface area contributed by atoms with Crippen LogP contribution in [0.2, 0.25) is 0 Å². The van der Waals surface area contributed by atoms with Crippen molar-refractivity contribution in [2.75, 3.05) is 20.3 Å². The van der Waals surface area contributed by atoms with Crippen LogP contribution in [-0.2, 0) is 9.53 Å². The highest BCUT2D eigenvalue weighted by atomic mass is 16.5. The molecule has 0 saturated carbocycles. The van der Waals surface area contributed by atoms with Gasteiger partial charge in [-0.25, -0.2) is 0 Å². The Morgan fingerprint density at radius 3 is 2.37 bits per heavy atom. The van der Waals surface area contributed by atoms with Gasteiger partial charge in [-0.05, 0) is 50.1 Å². The number of nitrogens with one attached hydrogen (secondary N) is 1. The Bertz CT molecular complexity index is 506. The van der Waals surface area contributed by atoms with E-state index >= 15 is 0 Å². The Labute approximate surface area is 113 Å². The zero-order valence-electron chi connectivity index (χ0n) is 11.9. The molecular weight excluding hydrogens is 242 g/mol. The van der Waals surface area contributed by atoms with Gasteiger partial charge in [-0.15, -0.1) is 0 Å². The maximum absolute atomic E-state index is 11.6. The van der Waals surface area contributed by atoms with Crippen molar-refractivity contribution < 1.29 is 14.6 Å². The van der Waals surface area contributed by atoms with E-state index in [4.69, 9.17) is 4.74 Å². The maximum atomic E-state index is 11.6. The molecule has 1 saturated heterocycles. The molecule has 2 rings (SSSR count). The van der Waals surface area contributed by atoms with E-state index in [-0.39, 0.29) is 19.3 Å². The molecule has 0 aliphatic carbocycles. The van der Waals surface area contributed by atoms with Gasteiger partial charge in [0.1, 0.15) is 5.41 Å². The molecule has 1 aliphatic rings. The Hall–Kier alpha value is -1.39. The van der Waals surface area contributed by atoms with E-state index in [1.54, 1.807) is 0 Å².